The van der Waals surface area contributed by atoms with Gasteiger partial charge < -0.3 is 15.0 Å². The van der Waals surface area contributed by atoms with Crippen LogP contribution < -0.4 is 21.1 Å². The molecule has 1 amide bonds. The topological polar surface area (TPSA) is 78.5 Å². The summed E-state index contributed by atoms with van der Waals surface area (Å²) in [6.07, 6.45) is 0.963. The predicted octanol–water partition coefficient (Wildman–Crippen LogP) is 0.499. The lowest BCUT2D eigenvalue weighted by atomic mass is 10.4. The number of anilines is 1. The van der Waals surface area contributed by atoms with Gasteiger partial charge in [-0.2, -0.15) is 0 Å². The van der Waals surface area contributed by atoms with Gasteiger partial charge >= 0.3 is 0 Å². The van der Waals surface area contributed by atoms with E-state index >= 15 is 0 Å². The summed E-state index contributed by atoms with van der Waals surface area (Å²) >= 11 is 6.47. The number of thiazole rings is 1. The molecule has 0 radical (unpaired) electrons. The van der Waals surface area contributed by atoms with Gasteiger partial charge in [0.2, 0.25) is 0 Å². The van der Waals surface area contributed by atoms with Crippen LogP contribution in [0, 0.1) is 0 Å². The van der Waals surface area contributed by atoms with Crippen molar-refractivity contribution >= 4 is 39.7 Å². The first-order chi connectivity index (χ1) is 10.2. The highest BCUT2D eigenvalue weighted by atomic mass is 32.1. The first-order valence-electron chi connectivity index (χ1n) is 6.83. The third-order valence-corrected chi connectivity index (χ3v) is 3.98. The van der Waals surface area contributed by atoms with Gasteiger partial charge in [-0.25, -0.2) is 4.98 Å². The van der Waals surface area contributed by atoms with Gasteiger partial charge in [-0.15, -0.1) is 11.3 Å². The summed E-state index contributed by atoms with van der Waals surface area (Å²) in [4.78, 5) is 18.4. The molecule has 1 aliphatic heterocycles. The molecule has 0 atom stereocenters. The van der Waals surface area contributed by atoms with Crippen LogP contribution in [0.1, 0.15) is 23.8 Å². The number of carbonyl (C=O) groups is 1. The van der Waals surface area contributed by atoms with Crippen LogP contribution in [0.15, 0.2) is 5.38 Å². The number of carbonyl (C=O) groups excluding carboxylic acids is 1. The number of hydrogen-bond donors (Lipinski definition) is 3. The lowest BCUT2D eigenvalue weighted by molar-refractivity contribution is 0.0939. The molecule has 9 heteroatoms. The molecule has 0 unspecified atom stereocenters. The van der Waals surface area contributed by atoms with Crippen LogP contribution >= 0.6 is 23.6 Å². The molecule has 2 rings (SSSR count). The Kier molecular flexibility index (Phi) is 6.15. The average molecular weight is 329 g/mol. The Labute approximate surface area is 133 Å². The van der Waals surface area contributed by atoms with Crippen molar-refractivity contribution in [3.63, 3.8) is 0 Å². The van der Waals surface area contributed by atoms with E-state index in [1.54, 1.807) is 5.38 Å². The SMILES string of the molecule is CCCNC(=S)NNC(=O)c1csc(N2CCOCC2)n1. The van der Waals surface area contributed by atoms with E-state index in [1.165, 1.54) is 11.3 Å². The van der Waals surface area contributed by atoms with Crippen LogP contribution in [0.25, 0.3) is 0 Å². The molecule has 1 fully saturated rings. The monoisotopic (exact) mass is 329 g/mol. The minimum atomic E-state index is -0.300. The fraction of sp³-hybridized carbons (Fsp3) is 0.583. The summed E-state index contributed by atoms with van der Waals surface area (Å²) in [5.41, 5.74) is 5.57. The zero-order valence-corrected chi connectivity index (χ0v) is 13.5. The summed E-state index contributed by atoms with van der Waals surface area (Å²) < 4.78 is 5.30. The van der Waals surface area contributed by atoms with Crippen LogP contribution in [-0.4, -0.2) is 48.9 Å². The summed E-state index contributed by atoms with van der Waals surface area (Å²) in [5, 5.41) is 5.94. The number of hydrazine groups is 1. The van der Waals surface area contributed by atoms with Gasteiger partial charge in [-0.1, -0.05) is 6.92 Å². The van der Waals surface area contributed by atoms with Crippen LogP contribution in [0.2, 0.25) is 0 Å². The smallest absolute Gasteiger partial charge is 0.289 e. The fourth-order valence-corrected chi connectivity index (χ4v) is 2.74. The Morgan fingerprint density at radius 1 is 1.48 bits per heavy atom. The van der Waals surface area contributed by atoms with E-state index in [0.29, 0.717) is 24.0 Å². The molecule has 0 aliphatic carbocycles. The first-order valence-corrected chi connectivity index (χ1v) is 8.12. The van der Waals surface area contributed by atoms with Crippen molar-refractivity contribution in [1.82, 2.24) is 21.2 Å². The molecular weight excluding hydrogens is 310 g/mol. The molecular formula is C12H19N5O2S2. The minimum Gasteiger partial charge on any atom is -0.378 e. The molecule has 0 spiro atoms. The second-order valence-electron chi connectivity index (χ2n) is 4.45. The molecule has 0 aromatic carbocycles. The van der Waals surface area contributed by atoms with E-state index in [2.05, 4.69) is 26.1 Å². The lowest BCUT2D eigenvalue weighted by Gasteiger charge is -2.25. The van der Waals surface area contributed by atoms with Crippen LogP contribution in [0.4, 0.5) is 5.13 Å². The quantitative estimate of drug-likeness (QED) is 0.548. The van der Waals surface area contributed by atoms with Gasteiger partial charge in [0, 0.05) is 25.0 Å². The van der Waals surface area contributed by atoms with E-state index in [0.717, 1.165) is 31.2 Å². The minimum absolute atomic E-state index is 0.300. The normalized spacial score (nSPS) is 14.6. The molecule has 1 aliphatic rings. The molecule has 0 saturated carbocycles. The molecule has 1 aromatic heterocycles. The Morgan fingerprint density at radius 2 is 2.24 bits per heavy atom. The van der Waals surface area contributed by atoms with E-state index in [-0.39, 0.29) is 5.91 Å². The Balaban J connectivity index is 1.82. The third-order valence-electron chi connectivity index (χ3n) is 2.83. The molecule has 116 valence electrons. The Hall–Kier alpha value is -1.45. The first kappa shape index (κ1) is 15.9. The Morgan fingerprint density at radius 3 is 2.95 bits per heavy atom. The van der Waals surface area contributed by atoms with Crippen molar-refractivity contribution in [2.45, 2.75) is 13.3 Å². The highest BCUT2D eigenvalue weighted by Crippen LogP contribution is 2.21. The average Bonchev–Trinajstić information content (AvgIpc) is 3.01. The molecule has 2 heterocycles. The second kappa shape index (κ2) is 8.11. The molecule has 21 heavy (non-hydrogen) atoms. The van der Waals surface area contributed by atoms with Crippen molar-refractivity contribution in [2.75, 3.05) is 37.7 Å². The van der Waals surface area contributed by atoms with Gasteiger partial charge in [0.1, 0.15) is 5.69 Å². The van der Waals surface area contributed by atoms with E-state index in [9.17, 15) is 4.79 Å². The van der Waals surface area contributed by atoms with Gasteiger partial charge in [-0.05, 0) is 18.6 Å². The summed E-state index contributed by atoms with van der Waals surface area (Å²) in [6.45, 7) is 5.80. The summed E-state index contributed by atoms with van der Waals surface area (Å²) in [6, 6.07) is 0. The number of aromatic nitrogens is 1. The van der Waals surface area contributed by atoms with Crippen molar-refractivity contribution in [2.24, 2.45) is 0 Å². The zero-order chi connectivity index (χ0) is 15.1. The van der Waals surface area contributed by atoms with Crippen LogP contribution in [-0.2, 0) is 4.74 Å². The van der Waals surface area contributed by atoms with Crippen LogP contribution in [0.5, 0.6) is 0 Å². The van der Waals surface area contributed by atoms with Gasteiger partial charge in [0.05, 0.1) is 13.2 Å². The van der Waals surface area contributed by atoms with Gasteiger partial charge in [0.15, 0.2) is 10.2 Å². The highest BCUT2D eigenvalue weighted by molar-refractivity contribution is 7.80. The van der Waals surface area contributed by atoms with Crippen molar-refractivity contribution in [3.05, 3.63) is 11.1 Å². The Bertz CT molecular complexity index is 488. The number of amides is 1. The highest BCUT2D eigenvalue weighted by Gasteiger charge is 2.17. The van der Waals surface area contributed by atoms with Crippen molar-refractivity contribution in [3.8, 4) is 0 Å². The van der Waals surface area contributed by atoms with Crippen LogP contribution in [0.3, 0.4) is 0 Å². The largest absolute Gasteiger partial charge is 0.378 e. The maximum atomic E-state index is 12.0. The third kappa shape index (κ3) is 4.80. The second-order valence-corrected chi connectivity index (χ2v) is 5.69. The fourth-order valence-electron chi connectivity index (χ4n) is 1.73. The molecule has 3 N–H and O–H groups in total. The van der Waals surface area contributed by atoms with E-state index in [4.69, 9.17) is 17.0 Å². The number of morpholine rings is 1. The molecule has 7 nitrogen and oxygen atoms in total. The predicted molar refractivity (Wildman–Crippen MR) is 86.6 cm³/mol. The molecule has 0 bridgehead atoms. The maximum Gasteiger partial charge on any atom is 0.289 e. The summed E-state index contributed by atoms with van der Waals surface area (Å²) in [7, 11) is 0. The van der Waals surface area contributed by atoms with Gasteiger partial charge in [-0.3, -0.25) is 15.6 Å². The number of ether oxygens (including phenoxy) is 1. The number of rotatable bonds is 4. The number of hydrogen-bond acceptors (Lipinski definition) is 6. The molecule has 1 aromatic rings. The number of nitrogens with one attached hydrogen (secondary N) is 3. The lowest BCUT2D eigenvalue weighted by Crippen LogP contribution is -2.47. The van der Waals surface area contributed by atoms with E-state index < -0.39 is 0 Å². The standard InChI is InChI=1S/C12H19N5O2S2/c1-2-3-13-11(20)16-15-10(18)9-8-21-12(14-9)17-4-6-19-7-5-17/h8H,2-7H2,1H3,(H,15,18)(H2,13,16,20). The van der Waals surface area contributed by atoms with E-state index in [1.807, 2.05) is 6.92 Å². The molecule has 1 saturated heterocycles. The zero-order valence-electron chi connectivity index (χ0n) is 11.8. The van der Waals surface area contributed by atoms with Crippen molar-refractivity contribution < 1.29 is 9.53 Å². The number of nitrogens with zero attached hydrogens (tertiary/aromatic N) is 2. The number of thiocarbonyl (C=S) groups is 1. The van der Waals surface area contributed by atoms with Crippen molar-refractivity contribution in [1.29, 1.82) is 0 Å². The summed E-state index contributed by atoms with van der Waals surface area (Å²) in [5.74, 6) is -0.300. The maximum absolute atomic E-state index is 12.0. The van der Waals surface area contributed by atoms with Gasteiger partial charge in [0.25, 0.3) is 5.91 Å².